The lowest BCUT2D eigenvalue weighted by Gasteiger charge is -2.61. The molecule has 3 heteroatoms. The second-order valence-corrected chi connectivity index (χ2v) is 13.5. The Balaban J connectivity index is 1.41. The predicted octanol–water partition coefficient (Wildman–Crippen LogP) is 7.61. The molecule has 4 saturated carbocycles. The van der Waals surface area contributed by atoms with Crippen molar-refractivity contribution in [1.82, 2.24) is 0 Å². The van der Waals surface area contributed by atoms with Crippen molar-refractivity contribution < 1.29 is 14.3 Å². The Morgan fingerprint density at radius 3 is 2.27 bits per heavy atom. The Morgan fingerprint density at radius 1 is 0.879 bits per heavy atom. The third-order valence-corrected chi connectivity index (χ3v) is 11.4. The first kappa shape index (κ1) is 25.2. The molecule has 0 amide bonds. The minimum atomic E-state index is -0.634. The Morgan fingerprint density at radius 2 is 1.58 bits per heavy atom. The van der Waals surface area contributed by atoms with E-state index >= 15 is 0 Å². The van der Waals surface area contributed by atoms with Gasteiger partial charge in [0, 0.05) is 6.92 Å². The summed E-state index contributed by atoms with van der Waals surface area (Å²) in [6.07, 6.45) is 15.6. The van der Waals surface area contributed by atoms with Gasteiger partial charge in [0.1, 0.15) is 6.10 Å². The average Bonchev–Trinajstić information content (AvgIpc) is 3.11. The molecule has 0 aromatic carbocycles. The van der Waals surface area contributed by atoms with Gasteiger partial charge < -0.3 is 4.74 Å². The van der Waals surface area contributed by atoms with E-state index in [-0.39, 0.29) is 6.10 Å². The summed E-state index contributed by atoms with van der Waals surface area (Å²) in [4.78, 5) is 23.2. The van der Waals surface area contributed by atoms with Crippen LogP contribution in [0.5, 0.6) is 0 Å². The Labute approximate surface area is 203 Å². The number of Topliss-reactive ketones (excluding diaryl/α,β-unsaturated/α-hetero) is 1. The van der Waals surface area contributed by atoms with Crippen molar-refractivity contribution in [2.45, 2.75) is 125 Å². The molecule has 4 aliphatic carbocycles. The number of hydrogen-bond acceptors (Lipinski definition) is 3. The number of carbonyl (C=O) groups is 2. The highest BCUT2D eigenvalue weighted by Crippen LogP contribution is 2.68. The fraction of sp³-hybridized carbons (Fsp3) is 0.933. The Kier molecular flexibility index (Phi) is 7.38. The molecule has 0 saturated heterocycles. The summed E-state index contributed by atoms with van der Waals surface area (Å²) in [5.74, 6) is 4.82. The van der Waals surface area contributed by atoms with Gasteiger partial charge in [-0.2, -0.15) is 0 Å². The average molecular weight is 459 g/mol. The number of esters is 1. The van der Waals surface area contributed by atoms with Crippen LogP contribution < -0.4 is 0 Å². The quantitative estimate of drug-likeness (QED) is 0.291. The monoisotopic (exact) mass is 458 g/mol. The molecule has 4 fully saturated rings. The molecule has 0 spiro atoms. The number of ketones is 1. The summed E-state index contributed by atoms with van der Waals surface area (Å²) in [5, 5.41) is 0. The fourth-order valence-corrected chi connectivity index (χ4v) is 9.58. The highest BCUT2D eigenvalue weighted by molar-refractivity contribution is 6.32. The van der Waals surface area contributed by atoms with Crippen LogP contribution in [0.3, 0.4) is 0 Å². The lowest BCUT2D eigenvalue weighted by Crippen LogP contribution is -2.54. The van der Waals surface area contributed by atoms with Gasteiger partial charge in [0.15, 0.2) is 0 Å². The molecular weight excluding hydrogens is 408 g/mol. The van der Waals surface area contributed by atoms with Crippen LogP contribution in [0.1, 0.15) is 119 Å². The summed E-state index contributed by atoms with van der Waals surface area (Å²) in [7, 11) is 0. The van der Waals surface area contributed by atoms with Crippen molar-refractivity contribution in [3.8, 4) is 0 Å². The lowest BCUT2D eigenvalue weighted by molar-refractivity contribution is -0.167. The molecule has 33 heavy (non-hydrogen) atoms. The van der Waals surface area contributed by atoms with Crippen LogP contribution in [-0.2, 0) is 14.3 Å². The molecule has 0 N–H and O–H groups in total. The van der Waals surface area contributed by atoms with E-state index in [9.17, 15) is 9.59 Å². The van der Waals surface area contributed by atoms with E-state index in [1.807, 2.05) is 0 Å². The fourth-order valence-electron chi connectivity index (χ4n) is 9.58. The second kappa shape index (κ2) is 9.65. The maximum atomic E-state index is 11.9. The predicted molar refractivity (Wildman–Crippen MR) is 134 cm³/mol. The zero-order valence-corrected chi connectivity index (χ0v) is 22.3. The molecule has 4 aliphatic rings. The molecule has 0 heterocycles. The summed E-state index contributed by atoms with van der Waals surface area (Å²) < 4.78 is 5.57. The van der Waals surface area contributed by atoms with E-state index in [1.54, 1.807) is 0 Å². The standard InChI is InChI=1S/C30H50O3/c1-19(2)8-7-9-20(3)25-12-13-26-24-11-10-22-18-23(33-28(32)21(4)31)14-16-29(22,5)27(24)15-17-30(25,26)6/h19-20,22-27H,7-18H2,1-6H3/t20-,22+,23+,24+,25-,26+,27+,29+,30-/m1/s1. The number of carbonyl (C=O) groups excluding carboxylic acids is 2. The van der Waals surface area contributed by atoms with E-state index in [1.165, 1.54) is 64.7 Å². The SMILES string of the molecule is CC(=O)C(=O)O[C@H]1CC[C@@]2(C)[C@@H](CC[C@@H]3[C@@H]2CC[C@]2(C)[C@@H]([C@H](C)CCCC(C)C)CC[C@@H]32)C1. The molecular formula is C30H50O3. The van der Waals surface area contributed by atoms with Crippen molar-refractivity contribution in [1.29, 1.82) is 0 Å². The van der Waals surface area contributed by atoms with Crippen LogP contribution in [0.15, 0.2) is 0 Å². The molecule has 188 valence electrons. The van der Waals surface area contributed by atoms with Crippen LogP contribution in [0, 0.1) is 52.3 Å². The van der Waals surface area contributed by atoms with E-state index in [0.29, 0.717) is 16.7 Å². The van der Waals surface area contributed by atoms with Crippen LogP contribution in [0.25, 0.3) is 0 Å². The van der Waals surface area contributed by atoms with Crippen molar-refractivity contribution in [3.05, 3.63) is 0 Å². The van der Waals surface area contributed by atoms with E-state index in [0.717, 1.165) is 54.8 Å². The van der Waals surface area contributed by atoms with Gasteiger partial charge in [-0.3, -0.25) is 4.79 Å². The molecule has 0 unspecified atom stereocenters. The van der Waals surface area contributed by atoms with Crippen LogP contribution in [0.2, 0.25) is 0 Å². The molecule has 0 bridgehead atoms. The van der Waals surface area contributed by atoms with Crippen molar-refractivity contribution in [3.63, 3.8) is 0 Å². The molecule has 0 aliphatic heterocycles. The van der Waals surface area contributed by atoms with Crippen molar-refractivity contribution >= 4 is 11.8 Å². The van der Waals surface area contributed by atoms with E-state index in [2.05, 4.69) is 34.6 Å². The van der Waals surface area contributed by atoms with Crippen molar-refractivity contribution in [2.24, 2.45) is 52.3 Å². The maximum absolute atomic E-state index is 11.9. The first-order chi connectivity index (χ1) is 15.6. The van der Waals surface area contributed by atoms with Gasteiger partial charge in [-0.25, -0.2) is 4.79 Å². The van der Waals surface area contributed by atoms with Gasteiger partial charge >= 0.3 is 5.97 Å². The summed E-state index contributed by atoms with van der Waals surface area (Å²) >= 11 is 0. The first-order valence-corrected chi connectivity index (χ1v) is 14.3. The summed E-state index contributed by atoms with van der Waals surface area (Å²) in [6, 6.07) is 0. The molecule has 0 aromatic rings. The molecule has 3 nitrogen and oxygen atoms in total. The largest absolute Gasteiger partial charge is 0.457 e. The lowest BCUT2D eigenvalue weighted by atomic mass is 9.44. The van der Waals surface area contributed by atoms with Gasteiger partial charge in [-0.1, -0.05) is 53.9 Å². The van der Waals surface area contributed by atoms with Gasteiger partial charge in [0.25, 0.3) is 0 Å². The van der Waals surface area contributed by atoms with Gasteiger partial charge in [-0.15, -0.1) is 0 Å². The van der Waals surface area contributed by atoms with Crippen molar-refractivity contribution in [2.75, 3.05) is 0 Å². The number of hydrogen-bond donors (Lipinski definition) is 0. The normalized spacial score (nSPS) is 43.4. The molecule has 0 radical (unpaired) electrons. The van der Waals surface area contributed by atoms with E-state index in [4.69, 9.17) is 4.74 Å². The number of rotatable bonds is 7. The third-order valence-electron chi connectivity index (χ3n) is 11.4. The van der Waals surface area contributed by atoms with Gasteiger partial charge in [0.05, 0.1) is 0 Å². The zero-order chi connectivity index (χ0) is 24.0. The van der Waals surface area contributed by atoms with Gasteiger partial charge in [0.2, 0.25) is 5.78 Å². The Bertz CT molecular complexity index is 728. The topological polar surface area (TPSA) is 43.4 Å². The highest BCUT2D eigenvalue weighted by atomic mass is 16.5. The number of fused-ring (bicyclic) bond motifs is 5. The molecule has 4 rings (SSSR count). The summed E-state index contributed by atoms with van der Waals surface area (Å²) in [6.45, 7) is 13.8. The minimum Gasteiger partial charge on any atom is -0.457 e. The molecule has 0 aromatic heterocycles. The zero-order valence-electron chi connectivity index (χ0n) is 22.3. The maximum Gasteiger partial charge on any atom is 0.374 e. The van der Waals surface area contributed by atoms with E-state index < -0.39 is 11.8 Å². The minimum absolute atomic E-state index is 0.0487. The van der Waals surface area contributed by atoms with Gasteiger partial charge in [-0.05, 0) is 110 Å². The summed E-state index contributed by atoms with van der Waals surface area (Å²) in [5.41, 5.74) is 0.945. The highest BCUT2D eigenvalue weighted by Gasteiger charge is 2.60. The first-order valence-electron chi connectivity index (χ1n) is 14.3. The number of ether oxygens (including phenoxy) is 1. The van der Waals surface area contributed by atoms with Crippen LogP contribution >= 0.6 is 0 Å². The Hall–Kier alpha value is -0.860. The second-order valence-electron chi connectivity index (χ2n) is 13.5. The molecule has 9 atom stereocenters. The van der Waals surface area contributed by atoms with Crippen LogP contribution in [-0.4, -0.2) is 17.9 Å². The van der Waals surface area contributed by atoms with Crippen LogP contribution in [0.4, 0.5) is 0 Å². The smallest absolute Gasteiger partial charge is 0.374 e. The third kappa shape index (κ3) is 4.68.